The van der Waals surface area contributed by atoms with Gasteiger partial charge in [0.25, 0.3) is 0 Å². The maximum atomic E-state index is 9.85. The summed E-state index contributed by atoms with van der Waals surface area (Å²) in [5, 5.41) is 0. The maximum Gasteiger partial charge on any atom is 0.431 e. The van der Waals surface area contributed by atoms with Crippen LogP contribution in [0.25, 0.3) is 0 Å². The standard InChI is InChI=1S/F6S.Xe/c1-7(2,3,4,5)6;. The van der Waals surface area contributed by atoms with Crippen molar-refractivity contribution in [1.29, 1.82) is 0 Å². The van der Waals surface area contributed by atoms with Gasteiger partial charge in [-0.1, -0.05) is 23.3 Å². The van der Waals surface area contributed by atoms with Crippen molar-refractivity contribution >= 4 is 10.6 Å². The first-order valence-corrected chi connectivity index (χ1v) is 2.78. The second-order valence-electron chi connectivity index (χ2n) is 0.875. The van der Waals surface area contributed by atoms with Gasteiger partial charge in [-0.3, -0.25) is 0 Å². The van der Waals surface area contributed by atoms with Crippen LogP contribution in [0.2, 0.25) is 0 Å². The number of halogens is 6. The zero-order valence-corrected chi connectivity index (χ0v) is 5.86. The van der Waals surface area contributed by atoms with Gasteiger partial charge in [0.1, 0.15) is 0 Å². The number of rotatable bonds is 0. The maximum absolute atomic E-state index is 10.5. The van der Waals surface area contributed by atoms with Crippen molar-refractivity contribution in [3.05, 3.63) is 0 Å². The molecule has 56 valence electrons. The molecule has 0 atom stereocenters. The summed E-state index contributed by atoms with van der Waals surface area (Å²) >= 11 is 0. The molecule has 0 amide bonds. The van der Waals surface area contributed by atoms with Crippen LogP contribution in [0.4, 0.5) is 23.3 Å². The Kier molecular flexibility index (Phi) is 2.68. The normalized spacial score (nSPS) is 20.2. The zero-order valence-electron chi connectivity index (χ0n) is 3.03. The second-order valence-corrected chi connectivity index (χ2v) is 2.62. The minimum Gasteiger partial charge on any atom is -0.0719 e. The minimum absolute atomic E-state index is 0. The molecule has 0 aliphatic rings. The van der Waals surface area contributed by atoms with E-state index in [0.717, 1.165) is 0 Å². The molecule has 0 aliphatic carbocycles. The molecule has 0 aliphatic heterocycles. The molecule has 0 fully saturated rings. The largest absolute Gasteiger partial charge is 0.431 e. The predicted octanol–water partition coefficient (Wildman–Crippen LogP) is 3.17. The molecule has 0 bridgehead atoms. The van der Waals surface area contributed by atoms with E-state index in [-0.39, 0.29) is 48.9 Å². The topological polar surface area (TPSA) is 0 Å². The van der Waals surface area contributed by atoms with E-state index in [0.29, 0.717) is 0 Å². The van der Waals surface area contributed by atoms with Gasteiger partial charge in [-0.25, -0.2) is 0 Å². The monoisotopic (exact) mass is 278 g/mol. The van der Waals surface area contributed by atoms with Crippen LogP contribution in [-0.2, 0) is 0 Å². The van der Waals surface area contributed by atoms with Crippen molar-refractivity contribution in [1.82, 2.24) is 0 Å². The van der Waals surface area contributed by atoms with Gasteiger partial charge in [0, 0.05) is 48.9 Å². The first-order valence-electron chi connectivity index (χ1n) is 0.926. The Morgan fingerprint density at radius 1 is 0.625 bits per heavy atom. The summed E-state index contributed by atoms with van der Waals surface area (Å²) in [5.74, 6) is 0. The average Bonchev–Trinajstić information content (AvgIpc) is 0.592. The van der Waals surface area contributed by atoms with Gasteiger partial charge in [0.15, 0.2) is 0 Å². The predicted molar refractivity (Wildman–Crippen MR) is 14.2 cm³/mol. The van der Waals surface area contributed by atoms with Crippen molar-refractivity contribution in [2.45, 2.75) is 0 Å². The third-order valence-electron chi connectivity index (χ3n) is 0. The summed E-state index contributed by atoms with van der Waals surface area (Å²) < 4.78 is 59.1. The summed E-state index contributed by atoms with van der Waals surface area (Å²) in [6.07, 6.45) is 0. The average molecular weight is 277 g/mol. The van der Waals surface area contributed by atoms with E-state index in [2.05, 4.69) is 0 Å². The molecule has 0 aromatic rings. The Bertz CT molecular complexity index is 67.1. The van der Waals surface area contributed by atoms with Gasteiger partial charge in [-0.2, -0.15) is 0 Å². The molecule has 0 radical (unpaired) electrons. The summed E-state index contributed by atoms with van der Waals surface area (Å²) in [7, 11) is -10.5. The van der Waals surface area contributed by atoms with Gasteiger partial charge < -0.3 is 0 Å². The molecule has 8 heteroatoms. The number of hydrogen-bond donors (Lipinski definition) is 0. The van der Waals surface area contributed by atoms with Crippen LogP contribution in [0.5, 0.6) is 0 Å². The van der Waals surface area contributed by atoms with E-state index in [1.807, 2.05) is 0 Å². The first-order chi connectivity index (χ1) is 2.45. The van der Waals surface area contributed by atoms with Crippen molar-refractivity contribution in [2.24, 2.45) is 0 Å². The van der Waals surface area contributed by atoms with Gasteiger partial charge >= 0.3 is 10.6 Å². The molecule has 0 unspecified atom stereocenters. The summed E-state index contributed by atoms with van der Waals surface area (Å²) in [6, 6.07) is 0. The van der Waals surface area contributed by atoms with Gasteiger partial charge in [-0.05, 0) is 0 Å². The second kappa shape index (κ2) is 1.76. The first kappa shape index (κ1) is 12.2. The van der Waals surface area contributed by atoms with Crippen molar-refractivity contribution in [3.8, 4) is 0 Å². The van der Waals surface area contributed by atoms with E-state index in [1.165, 1.54) is 0 Å². The smallest absolute Gasteiger partial charge is 0.0719 e. The molecule has 0 saturated heterocycles. The van der Waals surface area contributed by atoms with Crippen LogP contribution in [-0.4, -0.2) is 0 Å². The Morgan fingerprint density at radius 3 is 0.625 bits per heavy atom. The molecule has 0 N–H and O–H groups in total. The fourth-order valence-corrected chi connectivity index (χ4v) is 0. The van der Waals surface area contributed by atoms with Crippen LogP contribution >= 0.6 is 10.6 Å². The molecule has 0 saturated carbocycles. The van der Waals surface area contributed by atoms with Crippen LogP contribution in [0, 0.1) is 48.9 Å². The Balaban J connectivity index is 0. The Morgan fingerprint density at radius 2 is 0.625 bits per heavy atom. The Hall–Kier alpha value is 1.50. The third-order valence-corrected chi connectivity index (χ3v) is 0. The molecule has 0 heterocycles. The van der Waals surface area contributed by atoms with Gasteiger partial charge in [0.2, 0.25) is 0 Å². The molecule has 0 aromatic carbocycles. The fourth-order valence-electron chi connectivity index (χ4n) is 0. The van der Waals surface area contributed by atoms with Crippen molar-refractivity contribution in [2.75, 3.05) is 0 Å². The molecular weight excluding hydrogens is 277 g/mol. The summed E-state index contributed by atoms with van der Waals surface area (Å²) in [6.45, 7) is 0. The van der Waals surface area contributed by atoms with Gasteiger partial charge in [-0.15, -0.1) is 0 Å². The van der Waals surface area contributed by atoms with Crippen LogP contribution < -0.4 is 0 Å². The third kappa shape index (κ3) is 141. The number of hydrogen-bond acceptors (Lipinski definition) is 0. The Labute approximate surface area is 81.7 Å². The van der Waals surface area contributed by atoms with Crippen molar-refractivity contribution < 1.29 is 72.2 Å². The minimum atomic E-state index is -10.5. The molecule has 0 aromatic heterocycles. The molecular formula is F6SXe. The van der Waals surface area contributed by atoms with E-state index in [1.54, 1.807) is 0 Å². The fraction of sp³-hybridized carbons (Fsp3) is 0. The molecule has 8 heavy (non-hydrogen) atoms. The van der Waals surface area contributed by atoms with E-state index >= 15 is 0 Å². The summed E-state index contributed by atoms with van der Waals surface area (Å²) in [5.41, 5.74) is 0. The van der Waals surface area contributed by atoms with E-state index in [4.69, 9.17) is 0 Å². The van der Waals surface area contributed by atoms with Crippen LogP contribution in [0.1, 0.15) is 0 Å². The van der Waals surface area contributed by atoms with Crippen molar-refractivity contribution in [3.63, 3.8) is 0 Å². The quantitative estimate of drug-likeness (QED) is 0.597. The molecule has 0 spiro atoms. The SMILES string of the molecule is FS(F)(F)(F)(F)F.[Xe]. The van der Waals surface area contributed by atoms with E-state index < -0.39 is 10.6 Å². The van der Waals surface area contributed by atoms with E-state index in [9.17, 15) is 23.3 Å². The van der Waals surface area contributed by atoms with Crippen LogP contribution in [0.3, 0.4) is 0 Å². The molecule has 0 rings (SSSR count). The zero-order chi connectivity index (χ0) is 6.41. The van der Waals surface area contributed by atoms with Crippen LogP contribution in [0.15, 0.2) is 0 Å². The molecule has 0 nitrogen and oxygen atoms in total. The van der Waals surface area contributed by atoms with Gasteiger partial charge in [0.05, 0.1) is 0 Å². The summed E-state index contributed by atoms with van der Waals surface area (Å²) in [4.78, 5) is 0.